The quantitative estimate of drug-likeness (QED) is 0.739. The first-order valence-corrected chi connectivity index (χ1v) is 6.83. The molecule has 0 fully saturated rings. The predicted octanol–water partition coefficient (Wildman–Crippen LogP) is 3.68. The average Bonchev–Trinajstić information content (AvgIpc) is 2.46. The highest BCUT2D eigenvalue weighted by molar-refractivity contribution is 5.96. The van der Waals surface area contributed by atoms with Crippen molar-refractivity contribution in [1.29, 1.82) is 0 Å². The molecule has 1 aliphatic rings. The SMILES string of the molecule is CCN1CCC(C(C)(C)C)c2ccccc2C1=O. The number of hydrogen-bond acceptors (Lipinski definition) is 1. The molecule has 0 saturated heterocycles. The molecule has 1 unspecified atom stereocenters. The van der Waals surface area contributed by atoms with Crippen LogP contribution in [0.15, 0.2) is 24.3 Å². The highest BCUT2D eigenvalue weighted by Crippen LogP contribution is 2.41. The van der Waals surface area contributed by atoms with E-state index in [0.717, 1.165) is 25.1 Å². The zero-order valence-corrected chi connectivity index (χ0v) is 11.9. The van der Waals surface area contributed by atoms with Crippen LogP contribution in [-0.4, -0.2) is 23.9 Å². The van der Waals surface area contributed by atoms with Crippen LogP contribution in [0.1, 0.15) is 56.0 Å². The molecule has 1 atom stereocenters. The van der Waals surface area contributed by atoms with Gasteiger partial charge >= 0.3 is 0 Å². The van der Waals surface area contributed by atoms with E-state index in [9.17, 15) is 4.79 Å². The fraction of sp³-hybridized carbons (Fsp3) is 0.562. The second-order valence-electron chi connectivity index (χ2n) is 6.18. The van der Waals surface area contributed by atoms with Gasteiger partial charge in [0, 0.05) is 18.7 Å². The summed E-state index contributed by atoms with van der Waals surface area (Å²) in [6.07, 6.45) is 1.06. The number of fused-ring (bicyclic) bond motifs is 1. The highest BCUT2D eigenvalue weighted by atomic mass is 16.2. The molecule has 18 heavy (non-hydrogen) atoms. The molecule has 0 aromatic heterocycles. The van der Waals surface area contributed by atoms with E-state index < -0.39 is 0 Å². The Kier molecular flexibility index (Phi) is 3.47. The second kappa shape index (κ2) is 4.75. The van der Waals surface area contributed by atoms with E-state index in [-0.39, 0.29) is 11.3 Å². The maximum absolute atomic E-state index is 12.5. The molecular weight excluding hydrogens is 222 g/mol. The lowest BCUT2D eigenvalue weighted by Crippen LogP contribution is -2.30. The van der Waals surface area contributed by atoms with Gasteiger partial charge in [-0.25, -0.2) is 0 Å². The van der Waals surface area contributed by atoms with Gasteiger partial charge in [-0.3, -0.25) is 4.79 Å². The van der Waals surface area contributed by atoms with Crippen molar-refractivity contribution >= 4 is 5.91 Å². The fourth-order valence-corrected chi connectivity index (χ4v) is 2.91. The normalized spacial score (nSPS) is 20.6. The summed E-state index contributed by atoms with van der Waals surface area (Å²) in [7, 11) is 0. The van der Waals surface area contributed by atoms with Crippen molar-refractivity contribution in [2.45, 2.75) is 40.0 Å². The summed E-state index contributed by atoms with van der Waals surface area (Å²) in [4.78, 5) is 14.4. The fourth-order valence-electron chi connectivity index (χ4n) is 2.91. The zero-order chi connectivity index (χ0) is 13.3. The highest BCUT2D eigenvalue weighted by Gasteiger charge is 2.33. The number of benzene rings is 1. The van der Waals surface area contributed by atoms with Gasteiger partial charge in [-0.15, -0.1) is 0 Å². The van der Waals surface area contributed by atoms with Gasteiger partial charge < -0.3 is 4.90 Å². The molecule has 0 radical (unpaired) electrons. The van der Waals surface area contributed by atoms with Crippen LogP contribution in [0.2, 0.25) is 0 Å². The molecule has 2 nitrogen and oxygen atoms in total. The van der Waals surface area contributed by atoms with Crippen molar-refractivity contribution in [3.8, 4) is 0 Å². The standard InChI is InChI=1S/C16H23NO/c1-5-17-11-10-14(16(2,3)4)12-8-6-7-9-13(12)15(17)18/h6-9,14H,5,10-11H2,1-4H3. The number of carbonyl (C=O) groups excluding carboxylic acids is 1. The number of hydrogen-bond donors (Lipinski definition) is 0. The molecule has 1 aliphatic heterocycles. The summed E-state index contributed by atoms with van der Waals surface area (Å²) < 4.78 is 0. The molecular formula is C16H23NO. The van der Waals surface area contributed by atoms with E-state index in [1.165, 1.54) is 5.56 Å². The topological polar surface area (TPSA) is 20.3 Å². The smallest absolute Gasteiger partial charge is 0.254 e. The Hall–Kier alpha value is -1.31. The van der Waals surface area contributed by atoms with Gasteiger partial charge in [-0.2, -0.15) is 0 Å². The number of nitrogens with zero attached hydrogens (tertiary/aromatic N) is 1. The molecule has 1 amide bonds. The lowest BCUT2D eigenvalue weighted by molar-refractivity contribution is 0.0766. The van der Waals surface area contributed by atoms with E-state index >= 15 is 0 Å². The van der Waals surface area contributed by atoms with Gasteiger partial charge in [0.25, 0.3) is 5.91 Å². The monoisotopic (exact) mass is 245 g/mol. The number of amides is 1. The molecule has 0 bridgehead atoms. The summed E-state index contributed by atoms with van der Waals surface area (Å²) in [5.41, 5.74) is 2.32. The maximum Gasteiger partial charge on any atom is 0.254 e. The van der Waals surface area contributed by atoms with Gasteiger partial charge in [-0.1, -0.05) is 39.0 Å². The van der Waals surface area contributed by atoms with Crippen LogP contribution in [0.5, 0.6) is 0 Å². The van der Waals surface area contributed by atoms with Gasteiger partial charge in [0.2, 0.25) is 0 Å². The van der Waals surface area contributed by atoms with E-state index in [2.05, 4.69) is 33.8 Å². The minimum Gasteiger partial charge on any atom is -0.339 e. The van der Waals surface area contributed by atoms with Gasteiger partial charge in [0.05, 0.1) is 0 Å². The summed E-state index contributed by atoms with van der Waals surface area (Å²) in [5, 5.41) is 0. The van der Waals surface area contributed by atoms with E-state index in [4.69, 9.17) is 0 Å². The lowest BCUT2D eigenvalue weighted by atomic mass is 9.74. The minimum atomic E-state index is 0.194. The van der Waals surface area contributed by atoms with Crippen LogP contribution in [0.25, 0.3) is 0 Å². The molecule has 1 aromatic carbocycles. The zero-order valence-electron chi connectivity index (χ0n) is 11.9. The Balaban J connectivity index is 2.51. The van der Waals surface area contributed by atoms with Crippen molar-refractivity contribution in [2.24, 2.45) is 5.41 Å². The molecule has 0 aliphatic carbocycles. The lowest BCUT2D eigenvalue weighted by Gasteiger charge is -2.31. The molecule has 2 rings (SSSR count). The first-order valence-electron chi connectivity index (χ1n) is 6.83. The largest absolute Gasteiger partial charge is 0.339 e. The number of rotatable bonds is 1. The molecule has 1 heterocycles. The summed E-state index contributed by atoms with van der Waals surface area (Å²) >= 11 is 0. The van der Waals surface area contributed by atoms with Crippen LogP contribution in [0.3, 0.4) is 0 Å². The maximum atomic E-state index is 12.5. The van der Waals surface area contributed by atoms with Crippen LogP contribution in [0.4, 0.5) is 0 Å². The summed E-state index contributed by atoms with van der Waals surface area (Å²) in [5.74, 6) is 0.647. The molecule has 1 aromatic rings. The molecule has 0 spiro atoms. The third kappa shape index (κ3) is 2.29. The third-order valence-electron chi connectivity index (χ3n) is 3.97. The minimum absolute atomic E-state index is 0.194. The van der Waals surface area contributed by atoms with Crippen molar-refractivity contribution in [3.63, 3.8) is 0 Å². The van der Waals surface area contributed by atoms with Gasteiger partial charge in [0.1, 0.15) is 0 Å². The van der Waals surface area contributed by atoms with E-state index in [1.807, 2.05) is 23.1 Å². The average molecular weight is 245 g/mol. The molecule has 2 heteroatoms. The summed E-state index contributed by atoms with van der Waals surface area (Å²) in [6, 6.07) is 8.12. The summed E-state index contributed by atoms with van der Waals surface area (Å²) in [6.45, 7) is 10.5. The van der Waals surface area contributed by atoms with Gasteiger partial charge in [-0.05, 0) is 36.3 Å². The van der Waals surface area contributed by atoms with Crippen LogP contribution in [-0.2, 0) is 0 Å². The second-order valence-corrected chi connectivity index (χ2v) is 6.18. The Labute approximate surface area is 110 Å². The van der Waals surface area contributed by atoms with Crippen molar-refractivity contribution in [1.82, 2.24) is 4.90 Å². The Morgan fingerprint density at radius 3 is 2.56 bits per heavy atom. The Morgan fingerprint density at radius 1 is 1.28 bits per heavy atom. The van der Waals surface area contributed by atoms with Crippen LogP contribution in [0, 0.1) is 5.41 Å². The van der Waals surface area contributed by atoms with E-state index in [0.29, 0.717) is 5.92 Å². The van der Waals surface area contributed by atoms with Crippen molar-refractivity contribution in [2.75, 3.05) is 13.1 Å². The molecule has 0 N–H and O–H groups in total. The van der Waals surface area contributed by atoms with Crippen molar-refractivity contribution in [3.05, 3.63) is 35.4 Å². The van der Waals surface area contributed by atoms with Crippen molar-refractivity contribution < 1.29 is 4.79 Å². The first kappa shape index (κ1) is 13.1. The first-order chi connectivity index (χ1) is 8.45. The third-order valence-corrected chi connectivity index (χ3v) is 3.97. The van der Waals surface area contributed by atoms with Crippen LogP contribution < -0.4 is 0 Å². The predicted molar refractivity (Wildman–Crippen MR) is 74.8 cm³/mol. The molecule has 98 valence electrons. The number of carbonyl (C=O) groups is 1. The van der Waals surface area contributed by atoms with Crippen LogP contribution >= 0.6 is 0 Å². The van der Waals surface area contributed by atoms with E-state index in [1.54, 1.807) is 0 Å². The molecule has 0 saturated carbocycles. The van der Waals surface area contributed by atoms with Gasteiger partial charge in [0.15, 0.2) is 0 Å². The Bertz CT molecular complexity index is 445. The Morgan fingerprint density at radius 2 is 1.94 bits per heavy atom.